The van der Waals surface area contributed by atoms with Gasteiger partial charge in [-0.1, -0.05) is 41.4 Å². The summed E-state index contributed by atoms with van der Waals surface area (Å²) in [7, 11) is -3.49. The minimum absolute atomic E-state index is 0. The number of nitrogens with zero attached hydrogens (tertiary/aromatic N) is 2. The Hall–Kier alpha value is -1.16. The van der Waals surface area contributed by atoms with Gasteiger partial charge in [0, 0.05) is 26.2 Å². The molecular weight excluding hydrogens is 463 g/mol. The lowest BCUT2D eigenvalue weighted by atomic mass is 9.85. The van der Waals surface area contributed by atoms with Crippen LogP contribution in [-0.4, -0.2) is 50.3 Å². The second kappa shape index (κ2) is 9.54. The van der Waals surface area contributed by atoms with Crippen LogP contribution in [0.2, 0.25) is 4.34 Å². The highest BCUT2D eigenvalue weighted by molar-refractivity contribution is 7.91. The molecule has 2 aromatic rings. The van der Waals surface area contributed by atoms with Gasteiger partial charge in [0.1, 0.15) is 10.0 Å². The molecule has 0 saturated carbocycles. The van der Waals surface area contributed by atoms with E-state index in [1.807, 2.05) is 0 Å². The Balaban J connectivity index is 0.00000256. The van der Waals surface area contributed by atoms with Crippen molar-refractivity contribution in [1.29, 1.82) is 0 Å². The van der Waals surface area contributed by atoms with E-state index < -0.39 is 10.0 Å². The maximum absolute atomic E-state index is 12.9. The van der Waals surface area contributed by atoms with Gasteiger partial charge in [0.2, 0.25) is 0 Å². The van der Waals surface area contributed by atoms with Crippen LogP contribution in [0, 0.1) is 6.92 Å². The van der Waals surface area contributed by atoms with Gasteiger partial charge in [-0.3, -0.25) is 4.99 Å². The molecule has 1 saturated heterocycles. The van der Waals surface area contributed by atoms with E-state index in [0.29, 0.717) is 41.0 Å². The molecule has 10 heteroatoms. The number of piperidine rings is 1. The summed E-state index contributed by atoms with van der Waals surface area (Å²) in [4.78, 5) is 4.75. The van der Waals surface area contributed by atoms with Crippen molar-refractivity contribution in [2.45, 2.75) is 36.1 Å². The minimum atomic E-state index is -3.49. The largest absolute Gasteiger partial charge is 0.368 e. The fourth-order valence-corrected chi connectivity index (χ4v) is 6.98. The second-order valence-electron chi connectivity index (χ2n) is 7.54. The van der Waals surface area contributed by atoms with Crippen molar-refractivity contribution in [3.05, 3.63) is 51.9 Å². The SMILES string of the molecule is Cc1ccc(CNC2=NCCNC23CCN(S(=O)(=O)c2ccc(Cl)s2)CC3)cc1.Cl. The van der Waals surface area contributed by atoms with Crippen LogP contribution in [0.15, 0.2) is 45.6 Å². The van der Waals surface area contributed by atoms with Crippen molar-refractivity contribution >= 4 is 51.2 Å². The number of aryl methyl sites for hydroxylation is 1. The molecule has 3 heterocycles. The first kappa shape index (κ1) is 23.5. The Morgan fingerprint density at radius 3 is 2.53 bits per heavy atom. The third-order valence-electron chi connectivity index (χ3n) is 5.60. The van der Waals surface area contributed by atoms with Crippen molar-refractivity contribution < 1.29 is 8.42 Å². The van der Waals surface area contributed by atoms with Gasteiger partial charge in [-0.2, -0.15) is 4.31 Å². The molecule has 30 heavy (non-hydrogen) atoms. The van der Waals surface area contributed by atoms with Gasteiger partial charge in [-0.05, 0) is 37.5 Å². The highest BCUT2D eigenvalue weighted by Gasteiger charge is 2.43. The lowest BCUT2D eigenvalue weighted by Gasteiger charge is -2.44. The predicted molar refractivity (Wildman–Crippen MR) is 126 cm³/mol. The van der Waals surface area contributed by atoms with Crippen LogP contribution >= 0.6 is 35.3 Å². The van der Waals surface area contributed by atoms with Crippen LogP contribution in [-0.2, 0) is 16.6 Å². The molecule has 4 rings (SSSR count). The smallest absolute Gasteiger partial charge is 0.252 e. The number of amidine groups is 1. The molecule has 2 aliphatic heterocycles. The fraction of sp³-hybridized carbons (Fsp3) is 0.450. The molecule has 2 N–H and O–H groups in total. The Bertz CT molecular complexity index is 998. The molecule has 0 radical (unpaired) electrons. The lowest BCUT2D eigenvalue weighted by molar-refractivity contribution is 0.241. The van der Waals surface area contributed by atoms with E-state index in [4.69, 9.17) is 16.6 Å². The molecule has 1 aromatic carbocycles. The molecular formula is C20H26Cl2N4O2S2. The molecule has 164 valence electrons. The summed E-state index contributed by atoms with van der Waals surface area (Å²) in [5.74, 6) is 0.945. The molecule has 0 atom stereocenters. The lowest BCUT2D eigenvalue weighted by Crippen LogP contribution is -2.64. The van der Waals surface area contributed by atoms with Crippen molar-refractivity contribution in [3.8, 4) is 0 Å². The first-order valence-electron chi connectivity index (χ1n) is 9.74. The molecule has 1 aromatic heterocycles. The maximum Gasteiger partial charge on any atom is 0.252 e. The van der Waals surface area contributed by atoms with Crippen LogP contribution in [0.25, 0.3) is 0 Å². The zero-order chi connectivity index (χ0) is 20.5. The number of thiophene rings is 1. The number of aliphatic imine (C=N–C) groups is 1. The fourth-order valence-electron chi connectivity index (χ4n) is 3.90. The van der Waals surface area contributed by atoms with Gasteiger partial charge in [-0.25, -0.2) is 8.42 Å². The van der Waals surface area contributed by atoms with Crippen molar-refractivity contribution in [2.24, 2.45) is 4.99 Å². The quantitative estimate of drug-likeness (QED) is 0.690. The highest BCUT2D eigenvalue weighted by Crippen LogP contribution is 2.32. The van der Waals surface area contributed by atoms with Crippen LogP contribution in [0.3, 0.4) is 0 Å². The molecule has 1 fully saturated rings. The average Bonchev–Trinajstić information content (AvgIpc) is 3.16. The van der Waals surface area contributed by atoms with E-state index in [0.717, 1.165) is 30.3 Å². The van der Waals surface area contributed by atoms with E-state index in [9.17, 15) is 8.42 Å². The summed E-state index contributed by atoms with van der Waals surface area (Å²) in [5, 5.41) is 7.12. The van der Waals surface area contributed by atoms with Crippen LogP contribution in [0.1, 0.15) is 24.0 Å². The van der Waals surface area contributed by atoms with Crippen LogP contribution in [0.4, 0.5) is 0 Å². The summed E-state index contributed by atoms with van der Waals surface area (Å²) >= 11 is 7.04. The van der Waals surface area contributed by atoms with Crippen molar-refractivity contribution in [1.82, 2.24) is 14.9 Å². The first-order chi connectivity index (χ1) is 13.9. The standard InChI is InChI=1S/C20H25ClN4O2S2.ClH/c1-15-2-4-16(5-3-15)14-23-19-20(24-11-10-22-19)8-12-25(13-9-20)29(26,27)18-7-6-17(21)28-18;/h2-7,24H,8-14H2,1H3,(H,22,23);1H. The van der Waals surface area contributed by atoms with E-state index in [2.05, 4.69) is 41.8 Å². The van der Waals surface area contributed by atoms with Crippen LogP contribution in [0.5, 0.6) is 0 Å². The van der Waals surface area contributed by atoms with Gasteiger partial charge in [0.05, 0.1) is 16.4 Å². The molecule has 0 amide bonds. The number of nitrogens with one attached hydrogen (secondary N) is 2. The van der Waals surface area contributed by atoms with E-state index in [-0.39, 0.29) is 17.9 Å². The predicted octanol–water partition coefficient (Wildman–Crippen LogP) is 3.45. The number of sulfonamides is 1. The third kappa shape index (κ3) is 4.84. The average molecular weight is 489 g/mol. The van der Waals surface area contributed by atoms with Gasteiger partial charge < -0.3 is 10.6 Å². The van der Waals surface area contributed by atoms with Crippen molar-refractivity contribution in [3.63, 3.8) is 0 Å². The molecule has 0 unspecified atom stereocenters. The van der Waals surface area contributed by atoms with Gasteiger partial charge >= 0.3 is 0 Å². The summed E-state index contributed by atoms with van der Waals surface area (Å²) < 4.78 is 28.2. The van der Waals surface area contributed by atoms with E-state index in [1.54, 1.807) is 16.4 Å². The minimum Gasteiger partial charge on any atom is -0.368 e. The van der Waals surface area contributed by atoms with E-state index in [1.165, 1.54) is 11.1 Å². The molecule has 2 aliphatic rings. The Morgan fingerprint density at radius 1 is 1.20 bits per heavy atom. The zero-order valence-electron chi connectivity index (χ0n) is 16.7. The van der Waals surface area contributed by atoms with Gasteiger partial charge in [0.25, 0.3) is 10.0 Å². The van der Waals surface area contributed by atoms with Gasteiger partial charge in [0.15, 0.2) is 0 Å². The normalized spacial score (nSPS) is 19.2. The first-order valence-corrected chi connectivity index (χ1v) is 12.4. The zero-order valence-corrected chi connectivity index (χ0v) is 19.9. The number of halogens is 2. The summed E-state index contributed by atoms with van der Waals surface area (Å²) in [6, 6.07) is 11.7. The molecule has 6 nitrogen and oxygen atoms in total. The third-order valence-corrected chi connectivity index (χ3v) is 9.19. The second-order valence-corrected chi connectivity index (χ2v) is 11.4. The summed E-state index contributed by atoms with van der Waals surface area (Å²) in [6.07, 6.45) is 1.37. The molecule has 0 aliphatic carbocycles. The Kier molecular flexibility index (Phi) is 7.48. The molecule has 1 spiro atoms. The summed E-state index contributed by atoms with van der Waals surface area (Å²) in [6.45, 7) is 5.23. The topological polar surface area (TPSA) is 73.8 Å². The number of benzene rings is 1. The van der Waals surface area contributed by atoms with Gasteiger partial charge in [-0.15, -0.1) is 23.7 Å². The number of hydrogen-bond donors (Lipinski definition) is 2. The monoisotopic (exact) mass is 488 g/mol. The van der Waals surface area contributed by atoms with Crippen LogP contribution < -0.4 is 10.6 Å². The highest BCUT2D eigenvalue weighted by atomic mass is 35.5. The Labute approximate surface area is 193 Å². The molecule has 0 bridgehead atoms. The van der Waals surface area contributed by atoms with E-state index >= 15 is 0 Å². The summed E-state index contributed by atoms with van der Waals surface area (Å²) in [5.41, 5.74) is 2.15. The maximum atomic E-state index is 12.9. The number of rotatable bonds is 4. The van der Waals surface area contributed by atoms with Crippen molar-refractivity contribution in [2.75, 3.05) is 26.2 Å². The Morgan fingerprint density at radius 2 is 1.90 bits per heavy atom. The number of hydrogen-bond acceptors (Lipinski definition) is 6.